The minimum atomic E-state index is -0.460. The molecule has 3 nitrogen and oxygen atoms in total. The molecule has 0 aromatic heterocycles. The van der Waals surface area contributed by atoms with Gasteiger partial charge in [0.2, 0.25) is 0 Å². The van der Waals surface area contributed by atoms with Gasteiger partial charge in [0.05, 0.1) is 5.60 Å². The van der Waals surface area contributed by atoms with Gasteiger partial charge in [-0.3, -0.25) is 0 Å². The molecule has 2 aromatic rings. The van der Waals surface area contributed by atoms with E-state index in [-0.39, 0.29) is 0 Å². The fraction of sp³-hybridized carbons (Fsp3) is 0.520. The van der Waals surface area contributed by atoms with Crippen LogP contribution < -0.4 is 5.32 Å². The van der Waals surface area contributed by atoms with E-state index in [0.717, 1.165) is 64.8 Å². The van der Waals surface area contributed by atoms with E-state index in [1.165, 1.54) is 11.1 Å². The summed E-state index contributed by atoms with van der Waals surface area (Å²) >= 11 is 0. The Kier molecular flexibility index (Phi) is 6.46. The van der Waals surface area contributed by atoms with Gasteiger partial charge < -0.3 is 15.3 Å². The average Bonchev–Trinajstić information content (AvgIpc) is 3.19. The molecule has 0 bridgehead atoms. The molecule has 2 aliphatic rings. The molecular weight excluding hydrogens is 344 g/mol. The lowest BCUT2D eigenvalue weighted by atomic mass is 9.84. The molecular formula is C25H34N2O. The predicted octanol–water partition coefficient (Wildman–Crippen LogP) is 3.84. The van der Waals surface area contributed by atoms with Crippen molar-refractivity contribution in [2.75, 3.05) is 32.7 Å². The highest BCUT2D eigenvalue weighted by atomic mass is 16.3. The van der Waals surface area contributed by atoms with E-state index >= 15 is 0 Å². The molecule has 2 unspecified atom stereocenters. The molecule has 2 fully saturated rings. The molecule has 2 aliphatic heterocycles. The highest BCUT2D eigenvalue weighted by Gasteiger charge is 2.35. The standard InChI is InChI=1S/C25H34N2O/c28-25(13-7-10-21-8-3-1-4-9-21)14-16-27(17-15-25)20-23-18-26-19-24(23)22-11-5-2-6-12-22/h1-6,8-9,11-12,23-24,26,28H,7,10,13-20H2. The van der Waals surface area contributed by atoms with Gasteiger partial charge in [-0.2, -0.15) is 0 Å². The second-order valence-corrected chi connectivity index (χ2v) is 8.80. The number of aliphatic hydroxyl groups is 1. The molecule has 2 atom stereocenters. The van der Waals surface area contributed by atoms with Crippen LogP contribution in [-0.4, -0.2) is 48.3 Å². The fourth-order valence-corrected chi connectivity index (χ4v) is 5.01. The molecule has 0 radical (unpaired) electrons. The maximum atomic E-state index is 11.0. The third-order valence-corrected chi connectivity index (χ3v) is 6.80. The Morgan fingerprint density at radius 1 is 0.929 bits per heavy atom. The predicted molar refractivity (Wildman–Crippen MR) is 116 cm³/mol. The first-order chi connectivity index (χ1) is 13.7. The van der Waals surface area contributed by atoms with Gasteiger partial charge in [0, 0.05) is 32.1 Å². The van der Waals surface area contributed by atoms with Gasteiger partial charge in [0.25, 0.3) is 0 Å². The minimum Gasteiger partial charge on any atom is -0.390 e. The summed E-state index contributed by atoms with van der Waals surface area (Å²) in [5.41, 5.74) is 2.38. The highest BCUT2D eigenvalue weighted by molar-refractivity contribution is 5.22. The van der Waals surface area contributed by atoms with Crippen LogP contribution in [0.3, 0.4) is 0 Å². The van der Waals surface area contributed by atoms with E-state index in [4.69, 9.17) is 0 Å². The topological polar surface area (TPSA) is 35.5 Å². The highest BCUT2D eigenvalue weighted by Crippen LogP contribution is 2.32. The summed E-state index contributed by atoms with van der Waals surface area (Å²) in [6.45, 7) is 5.40. The van der Waals surface area contributed by atoms with Gasteiger partial charge in [-0.05, 0) is 55.7 Å². The number of likely N-dealkylation sites (tertiary alicyclic amines) is 1. The maximum Gasteiger partial charge on any atom is 0.0672 e. The second-order valence-electron chi connectivity index (χ2n) is 8.80. The van der Waals surface area contributed by atoms with Crippen LogP contribution in [0, 0.1) is 5.92 Å². The summed E-state index contributed by atoms with van der Waals surface area (Å²) in [7, 11) is 0. The molecule has 28 heavy (non-hydrogen) atoms. The summed E-state index contributed by atoms with van der Waals surface area (Å²) < 4.78 is 0. The van der Waals surface area contributed by atoms with E-state index in [0.29, 0.717) is 11.8 Å². The summed E-state index contributed by atoms with van der Waals surface area (Å²) in [6, 6.07) is 21.6. The van der Waals surface area contributed by atoms with Crippen molar-refractivity contribution in [3.05, 3.63) is 71.8 Å². The largest absolute Gasteiger partial charge is 0.390 e. The zero-order chi connectivity index (χ0) is 19.2. The Balaban J connectivity index is 1.23. The third-order valence-electron chi connectivity index (χ3n) is 6.80. The van der Waals surface area contributed by atoms with Crippen LogP contribution in [0.25, 0.3) is 0 Å². The van der Waals surface area contributed by atoms with E-state index in [9.17, 15) is 5.11 Å². The van der Waals surface area contributed by atoms with Crippen molar-refractivity contribution in [2.45, 2.75) is 43.6 Å². The molecule has 2 saturated heterocycles. The van der Waals surface area contributed by atoms with Crippen molar-refractivity contribution in [1.29, 1.82) is 0 Å². The third kappa shape index (κ3) is 5.02. The van der Waals surface area contributed by atoms with E-state index in [1.807, 2.05) is 0 Å². The van der Waals surface area contributed by atoms with Crippen LogP contribution in [0.15, 0.2) is 60.7 Å². The zero-order valence-electron chi connectivity index (χ0n) is 16.9. The lowest BCUT2D eigenvalue weighted by Crippen LogP contribution is -2.46. The molecule has 0 amide bonds. The van der Waals surface area contributed by atoms with Gasteiger partial charge in [-0.25, -0.2) is 0 Å². The van der Waals surface area contributed by atoms with Gasteiger partial charge >= 0.3 is 0 Å². The van der Waals surface area contributed by atoms with Crippen LogP contribution in [0.2, 0.25) is 0 Å². The van der Waals surface area contributed by atoms with Crippen LogP contribution >= 0.6 is 0 Å². The van der Waals surface area contributed by atoms with Crippen LogP contribution in [-0.2, 0) is 6.42 Å². The quantitative estimate of drug-likeness (QED) is 0.768. The number of nitrogens with one attached hydrogen (secondary N) is 1. The number of aryl methyl sites for hydroxylation is 1. The van der Waals surface area contributed by atoms with Gasteiger partial charge in [-0.15, -0.1) is 0 Å². The average molecular weight is 379 g/mol. The molecule has 2 N–H and O–H groups in total. The van der Waals surface area contributed by atoms with E-state index in [1.54, 1.807) is 0 Å². The summed E-state index contributed by atoms with van der Waals surface area (Å²) in [5.74, 6) is 1.29. The molecule has 2 heterocycles. The van der Waals surface area contributed by atoms with Crippen molar-refractivity contribution in [3.63, 3.8) is 0 Å². The van der Waals surface area contributed by atoms with Crippen LogP contribution in [0.4, 0.5) is 0 Å². The monoisotopic (exact) mass is 378 g/mol. The molecule has 3 heteroatoms. The number of rotatable bonds is 7. The van der Waals surface area contributed by atoms with Gasteiger partial charge in [0.1, 0.15) is 0 Å². The zero-order valence-corrected chi connectivity index (χ0v) is 16.9. The summed E-state index contributed by atoms with van der Waals surface area (Å²) in [5, 5.41) is 14.6. The number of piperidine rings is 1. The Morgan fingerprint density at radius 2 is 1.61 bits per heavy atom. The molecule has 4 rings (SSSR count). The Morgan fingerprint density at radius 3 is 2.32 bits per heavy atom. The SMILES string of the molecule is OC1(CCCc2ccccc2)CCN(CC2CNCC2c2ccccc2)CC1. The summed E-state index contributed by atoms with van der Waals surface area (Å²) in [4.78, 5) is 2.58. The van der Waals surface area contributed by atoms with Crippen molar-refractivity contribution in [2.24, 2.45) is 5.92 Å². The number of benzene rings is 2. The normalized spacial score (nSPS) is 25.0. The Bertz CT molecular complexity index is 710. The molecule has 2 aromatic carbocycles. The molecule has 0 saturated carbocycles. The fourth-order valence-electron chi connectivity index (χ4n) is 5.01. The Hall–Kier alpha value is -1.68. The Labute approximate surface area is 169 Å². The number of hydrogen-bond donors (Lipinski definition) is 2. The number of nitrogens with zero attached hydrogens (tertiary/aromatic N) is 1. The minimum absolute atomic E-state index is 0.460. The van der Waals surface area contributed by atoms with E-state index < -0.39 is 5.60 Å². The van der Waals surface area contributed by atoms with Gasteiger partial charge in [0.15, 0.2) is 0 Å². The van der Waals surface area contributed by atoms with E-state index in [2.05, 4.69) is 70.9 Å². The lowest BCUT2D eigenvalue weighted by Gasteiger charge is -2.39. The smallest absolute Gasteiger partial charge is 0.0672 e. The van der Waals surface area contributed by atoms with Crippen molar-refractivity contribution in [3.8, 4) is 0 Å². The second kappa shape index (κ2) is 9.21. The summed E-state index contributed by atoms with van der Waals surface area (Å²) in [6.07, 6.45) is 4.89. The van der Waals surface area contributed by atoms with Crippen LogP contribution in [0.1, 0.15) is 42.7 Å². The first-order valence-corrected chi connectivity index (χ1v) is 11.0. The molecule has 150 valence electrons. The van der Waals surface area contributed by atoms with Gasteiger partial charge in [-0.1, -0.05) is 60.7 Å². The van der Waals surface area contributed by atoms with Crippen molar-refractivity contribution in [1.82, 2.24) is 10.2 Å². The molecule has 0 aliphatic carbocycles. The first kappa shape index (κ1) is 19.6. The first-order valence-electron chi connectivity index (χ1n) is 11.0. The van der Waals surface area contributed by atoms with Crippen molar-refractivity contribution >= 4 is 0 Å². The van der Waals surface area contributed by atoms with Crippen LogP contribution in [0.5, 0.6) is 0 Å². The van der Waals surface area contributed by atoms with Crippen molar-refractivity contribution < 1.29 is 5.11 Å². The molecule has 0 spiro atoms. The number of hydrogen-bond acceptors (Lipinski definition) is 3. The maximum absolute atomic E-state index is 11.0. The lowest BCUT2D eigenvalue weighted by molar-refractivity contribution is -0.0314.